The minimum Gasteiger partial charge on any atom is -0.380 e. The zero-order valence-electron chi connectivity index (χ0n) is 23.7. The maximum absolute atomic E-state index is 16.1. The fourth-order valence-electron chi connectivity index (χ4n) is 8.03. The summed E-state index contributed by atoms with van der Waals surface area (Å²) < 4.78 is 67.5. The van der Waals surface area contributed by atoms with Crippen molar-refractivity contribution in [3.05, 3.63) is 40.1 Å². The summed E-state index contributed by atoms with van der Waals surface area (Å²) in [5.74, 6) is -0.0432. The molecule has 2 N–H and O–H groups in total. The van der Waals surface area contributed by atoms with Gasteiger partial charge in [-0.1, -0.05) is 6.42 Å². The smallest absolute Gasteiger partial charge is 0.380 e. The third-order valence-electron chi connectivity index (χ3n) is 11.0. The summed E-state index contributed by atoms with van der Waals surface area (Å²) in [5.41, 5.74) is 4.84. The average Bonchev–Trinajstić information content (AvgIpc) is 3.19. The number of imidazole rings is 1. The van der Waals surface area contributed by atoms with E-state index in [0.29, 0.717) is 43.7 Å². The molecule has 2 aliphatic carbocycles. The zero-order chi connectivity index (χ0) is 28.7. The van der Waals surface area contributed by atoms with E-state index in [9.17, 15) is 18.0 Å². The molecule has 12 heteroatoms. The number of aromatic nitrogens is 2. The van der Waals surface area contributed by atoms with Crippen molar-refractivity contribution in [1.82, 2.24) is 29.6 Å². The SMILES string of the molecule is C[C@H](c1cc(C(F)(F)F)c2cn(C3CCCC(C4([C@H](F)C5NNCN5C)COC4)C3)c(=O)n2c1)N1CCC2(CC2)C1. The van der Waals surface area contributed by atoms with Crippen molar-refractivity contribution in [2.24, 2.45) is 16.7 Å². The number of fused-ring (bicyclic) bond motifs is 1. The molecule has 0 aromatic carbocycles. The Bertz CT molecular complexity index is 1370. The number of ether oxygens (including phenoxy) is 1. The lowest BCUT2D eigenvalue weighted by Crippen LogP contribution is -2.62. The molecule has 2 aromatic heterocycles. The molecule has 8 nitrogen and oxygen atoms in total. The molecule has 0 bridgehead atoms. The van der Waals surface area contributed by atoms with E-state index in [-0.39, 0.29) is 23.5 Å². The van der Waals surface area contributed by atoms with Gasteiger partial charge in [0.15, 0.2) is 0 Å². The molecule has 0 radical (unpaired) electrons. The van der Waals surface area contributed by atoms with E-state index in [0.717, 1.165) is 32.4 Å². The van der Waals surface area contributed by atoms with E-state index < -0.39 is 35.2 Å². The predicted octanol–water partition coefficient (Wildman–Crippen LogP) is 4.08. The van der Waals surface area contributed by atoms with E-state index in [1.165, 1.54) is 34.1 Å². The van der Waals surface area contributed by atoms with Crippen LogP contribution in [0.1, 0.15) is 75.1 Å². The first-order valence-corrected chi connectivity index (χ1v) is 15.0. The Morgan fingerprint density at radius 1 is 1.15 bits per heavy atom. The van der Waals surface area contributed by atoms with Crippen molar-refractivity contribution in [2.75, 3.05) is 40.0 Å². The molecule has 5 fully saturated rings. The number of pyridine rings is 1. The van der Waals surface area contributed by atoms with E-state index in [2.05, 4.69) is 15.8 Å². The normalized spacial score (nSPS) is 31.5. The Hall–Kier alpha value is -1.99. The number of likely N-dealkylation sites (tertiary alicyclic amines) is 1. The summed E-state index contributed by atoms with van der Waals surface area (Å²) in [5, 5.41) is 0. The highest BCUT2D eigenvalue weighted by molar-refractivity contribution is 5.56. The van der Waals surface area contributed by atoms with Gasteiger partial charge in [0.1, 0.15) is 12.3 Å². The van der Waals surface area contributed by atoms with Gasteiger partial charge in [-0.3, -0.25) is 18.8 Å². The molecule has 2 saturated carbocycles. The van der Waals surface area contributed by atoms with Crippen LogP contribution in [0.5, 0.6) is 0 Å². The van der Waals surface area contributed by atoms with Crippen LogP contribution in [-0.4, -0.2) is 71.1 Å². The van der Waals surface area contributed by atoms with Crippen molar-refractivity contribution in [2.45, 2.75) is 82.5 Å². The van der Waals surface area contributed by atoms with Crippen LogP contribution in [0, 0.1) is 16.7 Å². The van der Waals surface area contributed by atoms with Gasteiger partial charge in [-0.2, -0.15) is 13.2 Å². The second-order valence-corrected chi connectivity index (χ2v) is 13.5. The molecule has 1 spiro atoms. The number of hydrogen-bond acceptors (Lipinski definition) is 6. The maximum Gasteiger partial charge on any atom is 0.418 e. The van der Waals surface area contributed by atoms with Gasteiger partial charge in [-0.15, -0.1) is 0 Å². The highest BCUT2D eigenvalue weighted by Gasteiger charge is 2.56. The highest BCUT2D eigenvalue weighted by atomic mass is 19.4. The lowest BCUT2D eigenvalue weighted by molar-refractivity contribution is -0.202. The topological polar surface area (TPSA) is 66.2 Å². The van der Waals surface area contributed by atoms with E-state index >= 15 is 4.39 Å². The number of nitrogens with zero attached hydrogens (tertiary/aromatic N) is 4. The van der Waals surface area contributed by atoms with Gasteiger partial charge >= 0.3 is 11.9 Å². The first-order chi connectivity index (χ1) is 19.5. The molecule has 3 aliphatic heterocycles. The number of hydrogen-bond donors (Lipinski definition) is 2. The Morgan fingerprint density at radius 2 is 1.93 bits per heavy atom. The average molecular weight is 581 g/mol. The summed E-state index contributed by atoms with van der Waals surface area (Å²) in [6.45, 7) is 4.85. The van der Waals surface area contributed by atoms with Crippen LogP contribution < -0.4 is 16.5 Å². The molecular formula is C29H40F4N6O2. The van der Waals surface area contributed by atoms with Crippen LogP contribution in [0.2, 0.25) is 0 Å². The van der Waals surface area contributed by atoms with Gasteiger partial charge in [0, 0.05) is 31.0 Å². The molecular weight excluding hydrogens is 540 g/mol. The Kier molecular flexibility index (Phi) is 6.63. The third kappa shape index (κ3) is 4.56. The van der Waals surface area contributed by atoms with Crippen molar-refractivity contribution < 1.29 is 22.3 Å². The quantitative estimate of drug-likeness (QED) is 0.503. The molecule has 0 amide bonds. The summed E-state index contributed by atoms with van der Waals surface area (Å²) in [7, 11) is 1.86. The molecule has 41 heavy (non-hydrogen) atoms. The van der Waals surface area contributed by atoms with Crippen molar-refractivity contribution in [3.8, 4) is 0 Å². The maximum atomic E-state index is 16.1. The predicted molar refractivity (Wildman–Crippen MR) is 145 cm³/mol. The molecule has 3 unspecified atom stereocenters. The Labute approximate surface area is 237 Å². The minimum atomic E-state index is -4.60. The van der Waals surface area contributed by atoms with Crippen LogP contribution in [0.15, 0.2) is 23.3 Å². The van der Waals surface area contributed by atoms with Gasteiger partial charge < -0.3 is 4.74 Å². The number of nitrogens with one attached hydrogen (secondary N) is 2. The van der Waals surface area contributed by atoms with Gasteiger partial charge in [0.05, 0.1) is 36.4 Å². The van der Waals surface area contributed by atoms with Crippen molar-refractivity contribution >= 4 is 5.52 Å². The standard InChI is InChI=1S/C29H40F4N6O2/c1-18(37-9-8-27(14-37)6-7-27)19-10-22(29(31,32)33)23-13-38(26(40)39(23)12-19)21-5-3-4-20(11-21)28(15-41-16-28)24(30)25-35-34-17-36(25)2/h10,12-13,18,20-21,24-25,34-35H,3-9,11,14-17H2,1-2H3/t18-,20?,21?,24-,25?/m1/s1. The third-order valence-corrected chi connectivity index (χ3v) is 11.0. The molecule has 5 heterocycles. The van der Waals surface area contributed by atoms with Crippen LogP contribution in [-0.2, 0) is 10.9 Å². The second-order valence-electron chi connectivity index (χ2n) is 13.5. The summed E-state index contributed by atoms with van der Waals surface area (Å²) in [6, 6.07) is 0.721. The second kappa shape index (κ2) is 9.77. The number of halogens is 4. The fourth-order valence-corrected chi connectivity index (χ4v) is 8.03. The van der Waals surface area contributed by atoms with Gasteiger partial charge in [-0.05, 0) is 82.0 Å². The molecule has 3 saturated heterocycles. The van der Waals surface area contributed by atoms with Gasteiger partial charge in [0.25, 0.3) is 0 Å². The monoisotopic (exact) mass is 580 g/mol. The van der Waals surface area contributed by atoms with Crippen LogP contribution in [0.3, 0.4) is 0 Å². The van der Waals surface area contributed by atoms with E-state index in [1.54, 1.807) is 6.20 Å². The Balaban J connectivity index is 1.20. The summed E-state index contributed by atoms with van der Waals surface area (Å²) >= 11 is 0. The number of hydrazine groups is 1. The summed E-state index contributed by atoms with van der Waals surface area (Å²) in [4.78, 5) is 17.9. The van der Waals surface area contributed by atoms with Gasteiger partial charge in [-0.25, -0.2) is 20.0 Å². The van der Waals surface area contributed by atoms with Crippen LogP contribution in [0.25, 0.3) is 5.52 Å². The number of alkyl halides is 4. The highest BCUT2D eigenvalue weighted by Crippen LogP contribution is 2.54. The molecule has 5 atom stereocenters. The molecule has 226 valence electrons. The Morgan fingerprint density at radius 3 is 2.54 bits per heavy atom. The fraction of sp³-hybridized carbons (Fsp3) is 0.759. The molecule has 5 aliphatic rings. The molecule has 2 aromatic rings. The first kappa shape index (κ1) is 27.8. The van der Waals surface area contributed by atoms with Crippen LogP contribution >= 0.6 is 0 Å². The van der Waals surface area contributed by atoms with Crippen molar-refractivity contribution in [3.63, 3.8) is 0 Å². The molecule has 7 rings (SSSR count). The zero-order valence-corrected chi connectivity index (χ0v) is 23.7. The summed E-state index contributed by atoms with van der Waals surface area (Å²) in [6.07, 6.45) is 2.97. The van der Waals surface area contributed by atoms with E-state index in [1.807, 2.05) is 18.9 Å². The van der Waals surface area contributed by atoms with Crippen molar-refractivity contribution in [1.29, 1.82) is 0 Å². The minimum absolute atomic E-state index is 0.0432. The lowest BCUT2D eigenvalue weighted by Gasteiger charge is -2.53. The van der Waals surface area contributed by atoms with E-state index in [4.69, 9.17) is 4.74 Å². The first-order valence-electron chi connectivity index (χ1n) is 15.0. The number of rotatable bonds is 6. The van der Waals surface area contributed by atoms with Gasteiger partial charge in [0.2, 0.25) is 0 Å². The largest absolute Gasteiger partial charge is 0.418 e. The van der Waals surface area contributed by atoms with Crippen LogP contribution in [0.4, 0.5) is 17.6 Å². The lowest BCUT2D eigenvalue weighted by atomic mass is 9.63.